The molecule has 0 bridgehead atoms. The van der Waals surface area contributed by atoms with Crippen LogP contribution in [0.15, 0.2) is 30.3 Å². The second-order valence-corrected chi connectivity index (χ2v) is 7.11. The number of hydrogen-bond donors (Lipinski definition) is 1. The number of amides is 3. The van der Waals surface area contributed by atoms with Crippen LogP contribution in [0.3, 0.4) is 0 Å². The average molecular weight is 358 g/mol. The molecule has 7 nitrogen and oxygen atoms in total. The van der Waals surface area contributed by atoms with Gasteiger partial charge < -0.3 is 15.5 Å². The van der Waals surface area contributed by atoms with Crippen molar-refractivity contribution < 1.29 is 14.4 Å². The molecule has 7 heteroatoms. The predicted octanol–water partition coefficient (Wildman–Crippen LogP) is -0.294. The number of nitrogens with two attached hydrogens (primary N) is 1. The molecule has 26 heavy (non-hydrogen) atoms. The molecule has 3 rings (SSSR count). The lowest BCUT2D eigenvalue weighted by Crippen LogP contribution is -2.64. The zero-order chi connectivity index (χ0) is 18.7. The van der Waals surface area contributed by atoms with E-state index in [1.54, 1.807) is 9.80 Å². The van der Waals surface area contributed by atoms with Crippen LogP contribution in [-0.4, -0.2) is 77.7 Å². The fraction of sp³-hybridized carbons (Fsp3) is 0.526. The zero-order valence-electron chi connectivity index (χ0n) is 15.1. The second-order valence-electron chi connectivity index (χ2n) is 7.11. The van der Waals surface area contributed by atoms with Crippen molar-refractivity contribution in [1.82, 2.24) is 14.7 Å². The van der Waals surface area contributed by atoms with Crippen molar-refractivity contribution in [2.45, 2.75) is 19.4 Å². The molecule has 2 aliphatic heterocycles. The minimum Gasteiger partial charge on any atom is -0.368 e. The lowest BCUT2D eigenvalue weighted by Gasteiger charge is -2.45. The number of carbonyl (C=O) groups is 3. The molecule has 1 aromatic rings. The van der Waals surface area contributed by atoms with Crippen molar-refractivity contribution in [3.63, 3.8) is 0 Å². The first kappa shape index (κ1) is 18.4. The van der Waals surface area contributed by atoms with E-state index in [-0.39, 0.29) is 17.7 Å². The number of hydrogen-bond acceptors (Lipinski definition) is 4. The van der Waals surface area contributed by atoms with Gasteiger partial charge in [0.1, 0.15) is 6.04 Å². The van der Waals surface area contributed by atoms with Gasteiger partial charge in [0.25, 0.3) is 0 Å². The van der Waals surface area contributed by atoms with Crippen molar-refractivity contribution in [2.24, 2.45) is 11.7 Å². The van der Waals surface area contributed by atoms with E-state index in [1.807, 2.05) is 18.2 Å². The minimum atomic E-state index is -0.599. The summed E-state index contributed by atoms with van der Waals surface area (Å²) in [6, 6.07) is 9.59. The summed E-state index contributed by atoms with van der Waals surface area (Å²) in [5.74, 6) is -0.762. The van der Waals surface area contributed by atoms with Crippen LogP contribution in [0.5, 0.6) is 0 Å². The molecule has 140 valence electrons. The Hall–Kier alpha value is -2.41. The Kier molecular flexibility index (Phi) is 5.56. The van der Waals surface area contributed by atoms with Crippen LogP contribution in [0.4, 0.5) is 0 Å². The summed E-state index contributed by atoms with van der Waals surface area (Å²) in [5.41, 5.74) is 6.83. The molecule has 0 aromatic heterocycles. The molecular formula is C19H26N4O3. The number of likely N-dealkylation sites (tertiary alicyclic amines) is 1. The van der Waals surface area contributed by atoms with Crippen molar-refractivity contribution in [3.05, 3.63) is 35.9 Å². The van der Waals surface area contributed by atoms with Gasteiger partial charge in [-0.25, -0.2) is 0 Å². The maximum atomic E-state index is 12.7. The molecule has 1 unspecified atom stereocenters. The number of primary amides is 1. The lowest BCUT2D eigenvalue weighted by atomic mass is 9.96. The first-order valence-corrected chi connectivity index (χ1v) is 9.07. The molecule has 0 spiro atoms. The SMILES string of the molecule is CC(=O)N1CC(C(=O)N2CCN(CCc3ccccc3)CC2C(N)=O)C1. The topological polar surface area (TPSA) is 87.0 Å². The van der Waals surface area contributed by atoms with Gasteiger partial charge in [0.05, 0.1) is 5.92 Å². The third-order valence-corrected chi connectivity index (χ3v) is 5.31. The highest BCUT2D eigenvalue weighted by Crippen LogP contribution is 2.21. The Labute approximate surface area is 153 Å². The van der Waals surface area contributed by atoms with Crippen molar-refractivity contribution in [1.29, 1.82) is 0 Å². The van der Waals surface area contributed by atoms with Crippen LogP contribution >= 0.6 is 0 Å². The second kappa shape index (κ2) is 7.86. The number of carbonyl (C=O) groups excluding carboxylic acids is 3. The molecule has 1 aromatic carbocycles. The molecule has 0 aliphatic carbocycles. The molecule has 2 N–H and O–H groups in total. The van der Waals surface area contributed by atoms with Gasteiger partial charge in [0, 0.05) is 46.2 Å². The van der Waals surface area contributed by atoms with E-state index in [0.29, 0.717) is 26.2 Å². The van der Waals surface area contributed by atoms with Crippen LogP contribution < -0.4 is 5.73 Å². The molecule has 1 atom stereocenters. The Morgan fingerprint density at radius 1 is 1.08 bits per heavy atom. The molecule has 2 aliphatic rings. The van der Waals surface area contributed by atoms with Crippen LogP contribution in [-0.2, 0) is 20.8 Å². The number of benzene rings is 1. The Morgan fingerprint density at radius 3 is 2.38 bits per heavy atom. The van der Waals surface area contributed by atoms with Gasteiger partial charge in [0.2, 0.25) is 17.7 Å². The number of rotatable bonds is 5. The van der Waals surface area contributed by atoms with Crippen molar-refractivity contribution in [2.75, 3.05) is 39.3 Å². The van der Waals surface area contributed by atoms with Crippen LogP contribution in [0.1, 0.15) is 12.5 Å². The van der Waals surface area contributed by atoms with E-state index in [0.717, 1.165) is 19.5 Å². The summed E-state index contributed by atoms with van der Waals surface area (Å²) in [7, 11) is 0. The third-order valence-electron chi connectivity index (χ3n) is 5.31. The summed E-state index contributed by atoms with van der Waals surface area (Å²) in [4.78, 5) is 41.4. The number of nitrogens with zero attached hydrogens (tertiary/aromatic N) is 3. The normalized spacial score (nSPS) is 21.3. The Morgan fingerprint density at radius 2 is 1.77 bits per heavy atom. The standard InChI is InChI=1S/C19H26N4O3/c1-14(24)22-11-16(12-22)19(26)23-10-9-21(13-17(23)18(20)25)8-7-15-5-3-2-4-6-15/h2-6,16-17H,7-13H2,1H3,(H2,20,25). The third kappa shape index (κ3) is 4.04. The van der Waals surface area contributed by atoms with E-state index in [1.165, 1.54) is 12.5 Å². The highest BCUT2D eigenvalue weighted by molar-refractivity contribution is 5.89. The Balaban J connectivity index is 1.55. The van der Waals surface area contributed by atoms with Crippen molar-refractivity contribution in [3.8, 4) is 0 Å². The maximum Gasteiger partial charge on any atom is 0.241 e. The van der Waals surface area contributed by atoms with Gasteiger partial charge in [-0.1, -0.05) is 30.3 Å². The summed E-state index contributed by atoms with van der Waals surface area (Å²) in [6.07, 6.45) is 0.899. The van der Waals surface area contributed by atoms with Crippen LogP contribution in [0.2, 0.25) is 0 Å². The van der Waals surface area contributed by atoms with E-state index < -0.39 is 11.9 Å². The molecule has 2 fully saturated rings. The molecule has 3 amide bonds. The molecule has 2 saturated heterocycles. The maximum absolute atomic E-state index is 12.7. The molecular weight excluding hydrogens is 332 g/mol. The van der Waals surface area contributed by atoms with Gasteiger partial charge >= 0.3 is 0 Å². The monoisotopic (exact) mass is 358 g/mol. The first-order chi connectivity index (χ1) is 12.5. The Bertz CT molecular complexity index is 673. The lowest BCUT2D eigenvalue weighted by molar-refractivity contribution is -0.154. The van der Waals surface area contributed by atoms with Gasteiger partial charge in [0.15, 0.2) is 0 Å². The average Bonchev–Trinajstić information content (AvgIpc) is 2.58. The van der Waals surface area contributed by atoms with Crippen molar-refractivity contribution >= 4 is 17.7 Å². The van der Waals surface area contributed by atoms with Gasteiger partial charge in [-0.2, -0.15) is 0 Å². The van der Waals surface area contributed by atoms with E-state index >= 15 is 0 Å². The summed E-state index contributed by atoms with van der Waals surface area (Å²) in [5, 5.41) is 0. The largest absolute Gasteiger partial charge is 0.368 e. The van der Waals surface area contributed by atoms with Gasteiger partial charge in [-0.05, 0) is 12.0 Å². The zero-order valence-corrected chi connectivity index (χ0v) is 15.1. The van der Waals surface area contributed by atoms with E-state index in [2.05, 4.69) is 17.0 Å². The predicted molar refractivity (Wildman–Crippen MR) is 97.0 cm³/mol. The van der Waals surface area contributed by atoms with E-state index in [9.17, 15) is 14.4 Å². The minimum absolute atomic E-state index is 0.0220. The molecule has 2 heterocycles. The van der Waals surface area contributed by atoms with E-state index in [4.69, 9.17) is 5.73 Å². The molecule has 0 saturated carbocycles. The summed E-state index contributed by atoms with van der Waals surface area (Å²) >= 11 is 0. The fourth-order valence-electron chi connectivity index (χ4n) is 3.61. The summed E-state index contributed by atoms with van der Waals surface area (Å²) in [6.45, 7) is 4.90. The highest BCUT2D eigenvalue weighted by Gasteiger charge is 2.41. The van der Waals surface area contributed by atoms with Crippen LogP contribution in [0, 0.1) is 5.92 Å². The summed E-state index contributed by atoms with van der Waals surface area (Å²) < 4.78 is 0. The van der Waals surface area contributed by atoms with Gasteiger partial charge in [-0.3, -0.25) is 19.3 Å². The van der Waals surface area contributed by atoms with Crippen LogP contribution in [0.25, 0.3) is 0 Å². The smallest absolute Gasteiger partial charge is 0.241 e. The van der Waals surface area contributed by atoms with Gasteiger partial charge in [-0.15, -0.1) is 0 Å². The number of piperazine rings is 1. The fourth-order valence-corrected chi connectivity index (χ4v) is 3.61. The quantitative estimate of drug-likeness (QED) is 0.783. The first-order valence-electron chi connectivity index (χ1n) is 9.07. The highest BCUT2D eigenvalue weighted by atomic mass is 16.2. The molecule has 0 radical (unpaired) electrons.